The quantitative estimate of drug-likeness (QED) is 0.906. The summed E-state index contributed by atoms with van der Waals surface area (Å²) in [6.07, 6.45) is 0.105. The topological polar surface area (TPSA) is 20.2 Å². The van der Waals surface area contributed by atoms with Crippen LogP contribution >= 0.6 is 0 Å². The van der Waals surface area contributed by atoms with Crippen LogP contribution in [0, 0.1) is 17.5 Å². The van der Waals surface area contributed by atoms with Gasteiger partial charge in [0.15, 0.2) is 0 Å². The van der Waals surface area contributed by atoms with E-state index < -0.39 is 23.1 Å². The SMILES string of the molecule is CC(O)(Cc1cc(F)cc(F)c1)Cc1ccccc1F. The van der Waals surface area contributed by atoms with Crippen LogP contribution in [-0.2, 0) is 12.8 Å². The Morgan fingerprint density at radius 3 is 2.15 bits per heavy atom. The van der Waals surface area contributed by atoms with Crippen LogP contribution in [0.5, 0.6) is 0 Å². The molecule has 0 heterocycles. The van der Waals surface area contributed by atoms with Crippen molar-refractivity contribution in [3.8, 4) is 0 Å². The largest absolute Gasteiger partial charge is 0.389 e. The number of hydrogen-bond donors (Lipinski definition) is 1. The van der Waals surface area contributed by atoms with Crippen LogP contribution in [0.1, 0.15) is 18.1 Å². The van der Waals surface area contributed by atoms with Gasteiger partial charge in [0.05, 0.1) is 5.60 Å². The van der Waals surface area contributed by atoms with Crippen LogP contribution in [0.25, 0.3) is 0 Å². The minimum absolute atomic E-state index is 0.0377. The van der Waals surface area contributed by atoms with E-state index in [0.29, 0.717) is 11.1 Å². The third-order valence-corrected chi connectivity index (χ3v) is 3.04. The first-order valence-corrected chi connectivity index (χ1v) is 6.26. The molecular weight excluding hydrogens is 265 g/mol. The highest BCUT2D eigenvalue weighted by Crippen LogP contribution is 2.21. The second-order valence-corrected chi connectivity index (χ2v) is 5.22. The van der Waals surface area contributed by atoms with Gasteiger partial charge in [-0.2, -0.15) is 0 Å². The molecule has 0 aromatic heterocycles. The normalized spacial score (nSPS) is 14.1. The summed E-state index contributed by atoms with van der Waals surface area (Å²) in [6.45, 7) is 1.52. The molecule has 4 heteroatoms. The van der Waals surface area contributed by atoms with E-state index in [4.69, 9.17) is 0 Å². The van der Waals surface area contributed by atoms with Gasteiger partial charge in [0.25, 0.3) is 0 Å². The van der Waals surface area contributed by atoms with Gasteiger partial charge in [-0.25, -0.2) is 13.2 Å². The van der Waals surface area contributed by atoms with E-state index in [1.54, 1.807) is 18.2 Å². The molecule has 1 N–H and O–H groups in total. The molecule has 2 aromatic rings. The van der Waals surface area contributed by atoms with E-state index in [-0.39, 0.29) is 12.8 Å². The molecule has 0 aliphatic heterocycles. The van der Waals surface area contributed by atoms with E-state index in [1.807, 2.05) is 0 Å². The van der Waals surface area contributed by atoms with Crippen molar-refractivity contribution in [2.45, 2.75) is 25.4 Å². The Balaban J connectivity index is 2.16. The van der Waals surface area contributed by atoms with Gasteiger partial charge in [-0.15, -0.1) is 0 Å². The summed E-state index contributed by atoms with van der Waals surface area (Å²) in [4.78, 5) is 0. The third kappa shape index (κ3) is 3.84. The van der Waals surface area contributed by atoms with Gasteiger partial charge < -0.3 is 5.11 Å². The van der Waals surface area contributed by atoms with Gasteiger partial charge in [-0.05, 0) is 36.2 Å². The maximum absolute atomic E-state index is 13.6. The molecule has 0 radical (unpaired) electrons. The number of rotatable bonds is 4. The van der Waals surface area contributed by atoms with Crippen LogP contribution in [0.4, 0.5) is 13.2 Å². The van der Waals surface area contributed by atoms with Crippen LogP contribution in [-0.4, -0.2) is 10.7 Å². The zero-order valence-corrected chi connectivity index (χ0v) is 11.0. The predicted octanol–water partition coefficient (Wildman–Crippen LogP) is 3.64. The van der Waals surface area contributed by atoms with Crippen LogP contribution in [0.15, 0.2) is 42.5 Å². The van der Waals surface area contributed by atoms with Crippen LogP contribution in [0.3, 0.4) is 0 Å². The van der Waals surface area contributed by atoms with Gasteiger partial charge in [-0.1, -0.05) is 18.2 Å². The molecular formula is C16H15F3O. The Bertz CT molecular complexity index is 588. The molecule has 0 fully saturated rings. The lowest BCUT2D eigenvalue weighted by atomic mass is 9.89. The molecule has 1 unspecified atom stereocenters. The van der Waals surface area contributed by atoms with E-state index >= 15 is 0 Å². The highest BCUT2D eigenvalue weighted by atomic mass is 19.1. The predicted molar refractivity (Wildman–Crippen MR) is 70.8 cm³/mol. The van der Waals surface area contributed by atoms with Crippen molar-refractivity contribution < 1.29 is 18.3 Å². The minimum atomic E-state index is -1.29. The standard InChI is InChI=1S/C16H15F3O/c1-16(20,10-12-4-2-3-5-15(12)19)9-11-6-13(17)8-14(18)7-11/h2-8,20H,9-10H2,1H3. The van der Waals surface area contributed by atoms with E-state index in [2.05, 4.69) is 0 Å². The van der Waals surface area contributed by atoms with Gasteiger partial charge in [0, 0.05) is 18.9 Å². The minimum Gasteiger partial charge on any atom is -0.389 e. The molecule has 0 bridgehead atoms. The lowest BCUT2D eigenvalue weighted by molar-refractivity contribution is 0.0598. The fraction of sp³-hybridized carbons (Fsp3) is 0.250. The number of aliphatic hydroxyl groups is 1. The molecule has 0 spiro atoms. The molecule has 2 rings (SSSR count). The number of hydrogen-bond acceptors (Lipinski definition) is 1. The Kier molecular flexibility index (Phi) is 4.14. The van der Waals surface area contributed by atoms with Gasteiger partial charge >= 0.3 is 0 Å². The second-order valence-electron chi connectivity index (χ2n) is 5.22. The highest BCUT2D eigenvalue weighted by Gasteiger charge is 2.23. The van der Waals surface area contributed by atoms with Crippen molar-refractivity contribution in [3.63, 3.8) is 0 Å². The fourth-order valence-corrected chi connectivity index (χ4v) is 2.27. The zero-order valence-electron chi connectivity index (χ0n) is 11.0. The summed E-state index contributed by atoms with van der Waals surface area (Å²) in [5.41, 5.74) is -0.583. The molecule has 0 saturated heterocycles. The summed E-state index contributed by atoms with van der Waals surface area (Å²) in [5, 5.41) is 10.3. The number of benzene rings is 2. The van der Waals surface area contributed by atoms with Crippen molar-refractivity contribution in [2.24, 2.45) is 0 Å². The van der Waals surface area contributed by atoms with Gasteiger partial charge in [0.2, 0.25) is 0 Å². The Hall–Kier alpha value is -1.81. The lowest BCUT2D eigenvalue weighted by Gasteiger charge is -2.24. The smallest absolute Gasteiger partial charge is 0.126 e. The summed E-state index contributed by atoms with van der Waals surface area (Å²) >= 11 is 0. The monoisotopic (exact) mass is 280 g/mol. The van der Waals surface area contributed by atoms with E-state index in [9.17, 15) is 18.3 Å². The fourth-order valence-electron chi connectivity index (χ4n) is 2.27. The molecule has 1 atom stereocenters. The van der Waals surface area contributed by atoms with Crippen molar-refractivity contribution in [1.82, 2.24) is 0 Å². The molecule has 0 amide bonds. The molecule has 1 nitrogen and oxygen atoms in total. The van der Waals surface area contributed by atoms with E-state index in [0.717, 1.165) is 6.07 Å². The van der Waals surface area contributed by atoms with Crippen LogP contribution < -0.4 is 0 Å². The first-order valence-electron chi connectivity index (χ1n) is 6.26. The van der Waals surface area contributed by atoms with E-state index in [1.165, 1.54) is 25.1 Å². The van der Waals surface area contributed by atoms with Crippen molar-refractivity contribution in [2.75, 3.05) is 0 Å². The lowest BCUT2D eigenvalue weighted by Crippen LogP contribution is -2.30. The molecule has 0 aliphatic rings. The summed E-state index contributed by atoms with van der Waals surface area (Å²) in [7, 11) is 0. The Labute approximate surface area is 115 Å². The third-order valence-electron chi connectivity index (χ3n) is 3.04. The first kappa shape index (κ1) is 14.6. The summed E-state index contributed by atoms with van der Waals surface area (Å²) in [5.74, 6) is -1.79. The average Bonchev–Trinajstić information content (AvgIpc) is 2.29. The Morgan fingerprint density at radius 2 is 1.55 bits per heavy atom. The van der Waals surface area contributed by atoms with Crippen molar-refractivity contribution >= 4 is 0 Å². The molecule has 0 saturated carbocycles. The summed E-state index contributed by atoms with van der Waals surface area (Å²) in [6, 6.07) is 9.24. The van der Waals surface area contributed by atoms with Gasteiger partial charge in [0.1, 0.15) is 17.5 Å². The maximum Gasteiger partial charge on any atom is 0.126 e. The van der Waals surface area contributed by atoms with Gasteiger partial charge in [-0.3, -0.25) is 0 Å². The highest BCUT2D eigenvalue weighted by molar-refractivity contribution is 5.23. The molecule has 0 aliphatic carbocycles. The van der Waals surface area contributed by atoms with Crippen molar-refractivity contribution in [3.05, 3.63) is 71.0 Å². The van der Waals surface area contributed by atoms with Crippen molar-refractivity contribution in [1.29, 1.82) is 0 Å². The Morgan fingerprint density at radius 1 is 0.950 bits per heavy atom. The number of halogens is 3. The first-order chi connectivity index (χ1) is 9.35. The maximum atomic E-state index is 13.6. The molecule has 106 valence electrons. The zero-order chi connectivity index (χ0) is 14.8. The molecule has 2 aromatic carbocycles. The summed E-state index contributed by atoms with van der Waals surface area (Å²) < 4.78 is 39.8. The average molecular weight is 280 g/mol. The van der Waals surface area contributed by atoms with Crippen LogP contribution in [0.2, 0.25) is 0 Å². The molecule has 20 heavy (non-hydrogen) atoms. The second kappa shape index (κ2) is 5.67.